The number of carboxylic acids is 1. The number of hydrogen-bond donors (Lipinski definition) is 1. The Morgan fingerprint density at radius 1 is 1.46 bits per heavy atom. The number of carbonyl (C=O) groups is 1. The fourth-order valence-electron chi connectivity index (χ4n) is 0.859. The first-order valence-electron chi connectivity index (χ1n) is 3.37. The van der Waals surface area contributed by atoms with Crippen LogP contribution in [-0.4, -0.2) is 11.1 Å². The van der Waals surface area contributed by atoms with E-state index < -0.39 is 29.3 Å². The van der Waals surface area contributed by atoms with Crippen molar-refractivity contribution in [3.05, 3.63) is 35.4 Å². The van der Waals surface area contributed by atoms with E-state index in [0.717, 1.165) is 18.2 Å². The van der Waals surface area contributed by atoms with Crippen molar-refractivity contribution in [2.45, 2.75) is 6.10 Å². The lowest BCUT2D eigenvalue weighted by molar-refractivity contribution is -0.315. The number of carbonyl (C=O) groups excluding carboxylic acids is 1. The maximum atomic E-state index is 12.8. The first-order chi connectivity index (χ1) is 6.04. The van der Waals surface area contributed by atoms with Crippen LogP contribution in [0, 0.1) is 11.6 Å². The predicted octanol–water partition coefficient (Wildman–Crippen LogP) is -0.252. The van der Waals surface area contributed by atoms with Gasteiger partial charge in [0.05, 0.1) is 5.97 Å². The topological polar surface area (TPSA) is 60.4 Å². The lowest BCUT2D eigenvalue weighted by Crippen LogP contribution is -2.30. The van der Waals surface area contributed by atoms with E-state index in [2.05, 4.69) is 0 Å². The highest BCUT2D eigenvalue weighted by Gasteiger charge is 2.15. The smallest absolute Gasteiger partial charge is 0.165 e. The molecule has 1 rings (SSSR count). The maximum Gasteiger partial charge on any atom is 0.165 e. The third-order valence-corrected chi connectivity index (χ3v) is 1.50. The number of benzene rings is 1. The van der Waals surface area contributed by atoms with Gasteiger partial charge in [-0.2, -0.15) is 0 Å². The Kier molecular flexibility index (Phi) is 2.57. The maximum absolute atomic E-state index is 12.8. The molecule has 1 aromatic carbocycles. The van der Waals surface area contributed by atoms with Crippen molar-refractivity contribution in [1.82, 2.24) is 0 Å². The van der Waals surface area contributed by atoms with Crippen molar-refractivity contribution >= 4 is 5.97 Å². The third-order valence-electron chi connectivity index (χ3n) is 1.50. The van der Waals surface area contributed by atoms with E-state index in [1.807, 2.05) is 0 Å². The molecule has 0 aliphatic heterocycles. The van der Waals surface area contributed by atoms with Crippen molar-refractivity contribution in [3.8, 4) is 0 Å². The summed E-state index contributed by atoms with van der Waals surface area (Å²) in [7, 11) is 0. The lowest BCUT2D eigenvalue weighted by atomic mass is 10.1. The van der Waals surface area contributed by atoms with Gasteiger partial charge in [0.25, 0.3) is 0 Å². The van der Waals surface area contributed by atoms with E-state index in [9.17, 15) is 18.7 Å². The second-order valence-electron chi connectivity index (χ2n) is 2.36. The highest BCUT2D eigenvalue weighted by atomic mass is 19.2. The summed E-state index contributed by atoms with van der Waals surface area (Å²) in [5, 5.41) is 18.9. The number of aliphatic hydroxyl groups excluding tert-OH is 1. The Labute approximate surface area is 72.2 Å². The minimum atomic E-state index is -2.14. The van der Waals surface area contributed by atoms with Gasteiger partial charge >= 0.3 is 0 Å². The molecule has 0 amide bonds. The van der Waals surface area contributed by atoms with Gasteiger partial charge in [-0.05, 0) is 6.07 Å². The minimum Gasteiger partial charge on any atom is -0.547 e. The number of aliphatic hydroxyl groups is 1. The summed E-state index contributed by atoms with van der Waals surface area (Å²) in [5.74, 6) is -4.46. The van der Waals surface area contributed by atoms with Crippen LogP contribution in [0.2, 0.25) is 0 Å². The first-order valence-corrected chi connectivity index (χ1v) is 3.37. The SMILES string of the molecule is O=C([O-])[C@@H](O)c1cccc(F)c1F. The zero-order valence-electron chi connectivity index (χ0n) is 6.33. The van der Waals surface area contributed by atoms with E-state index in [-0.39, 0.29) is 0 Å². The molecule has 0 fully saturated rings. The summed E-state index contributed by atoms with van der Waals surface area (Å²) in [6.07, 6.45) is -2.14. The molecule has 0 aliphatic carbocycles. The molecule has 3 nitrogen and oxygen atoms in total. The van der Waals surface area contributed by atoms with Gasteiger partial charge in [0, 0.05) is 5.56 Å². The molecule has 0 aliphatic rings. The Balaban J connectivity index is 3.15. The molecule has 1 N–H and O–H groups in total. The molecule has 1 atom stereocenters. The molecule has 0 heterocycles. The fraction of sp³-hybridized carbons (Fsp3) is 0.125. The number of carboxylic acid groups (broad SMARTS) is 1. The zero-order valence-corrected chi connectivity index (χ0v) is 6.33. The number of halogens is 2. The van der Waals surface area contributed by atoms with Crippen LogP contribution in [-0.2, 0) is 4.79 Å². The standard InChI is InChI=1S/C8H6F2O3/c9-5-3-1-2-4(6(5)10)7(11)8(12)13/h1-3,7,11H,(H,12,13)/p-1/t7-/m0/s1. The van der Waals surface area contributed by atoms with Crippen LogP contribution in [0.5, 0.6) is 0 Å². The first kappa shape index (κ1) is 9.60. The highest BCUT2D eigenvalue weighted by molar-refractivity contribution is 5.71. The second-order valence-corrected chi connectivity index (χ2v) is 2.36. The van der Waals surface area contributed by atoms with Gasteiger partial charge in [0.1, 0.15) is 6.10 Å². The van der Waals surface area contributed by atoms with Gasteiger partial charge in [-0.15, -0.1) is 0 Å². The fourth-order valence-corrected chi connectivity index (χ4v) is 0.859. The lowest BCUT2D eigenvalue weighted by Gasteiger charge is -2.12. The molecule has 0 saturated carbocycles. The van der Waals surface area contributed by atoms with Gasteiger partial charge in [-0.3, -0.25) is 0 Å². The van der Waals surface area contributed by atoms with Crippen molar-refractivity contribution in [1.29, 1.82) is 0 Å². The molecule has 5 heteroatoms. The normalized spacial score (nSPS) is 12.5. The van der Waals surface area contributed by atoms with Gasteiger partial charge in [-0.1, -0.05) is 12.1 Å². The Morgan fingerprint density at radius 3 is 2.62 bits per heavy atom. The van der Waals surface area contributed by atoms with Crippen molar-refractivity contribution in [3.63, 3.8) is 0 Å². The molecule has 0 aromatic heterocycles. The summed E-state index contributed by atoms with van der Waals surface area (Å²) < 4.78 is 25.3. The molecular weight excluding hydrogens is 182 g/mol. The van der Waals surface area contributed by atoms with E-state index in [1.54, 1.807) is 0 Å². The molecule has 0 spiro atoms. The van der Waals surface area contributed by atoms with Crippen LogP contribution in [0.15, 0.2) is 18.2 Å². The van der Waals surface area contributed by atoms with E-state index in [0.29, 0.717) is 0 Å². The number of rotatable bonds is 2. The monoisotopic (exact) mass is 187 g/mol. The average Bonchev–Trinajstić information content (AvgIpc) is 2.08. The van der Waals surface area contributed by atoms with Crippen LogP contribution in [0.4, 0.5) is 8.78 Å². The van der Waals surface area contributed by atoms with Gasteiger partial charge in [0.2, 0.25) is 0 Å². The van der Waals surface area contributed by atoms with Crippen molar-refractivity contribution in [2.75, 3.05) is 0 Å². The summed E-state index contributed by atoms with van der Waals surface area (Å²) in [5.41, 5.74) is -0.639. The van der Waals surface area contributed by atoms with E-state index in [4.69, 9.17) is 5.11 Å². The van der Waals surface area contributed by atoms with Crippen LogP contribution in [0.25, 0.3) is 0 Å². The molecule has 1 aromatic rings. The molecule has 0 bridgehead atoms. The van der Waals surface area contributed by atoms with Crippen LogP contribution in [0.3, 0.4) is 0 Å². The molecule has 0 radical (unpaired) electrons. The second kappa shape index (κ2) is 3.49. The zero-order chi connectivity index (χ0) is 10.0. The molecule has 0 unspecified atom stereocenters. The summed E-state index contributed by atoms with van der Waals surface area (Å²) in [6.45, 7) is 0. The van der Waals surface area contributed by atoms with Gasteiger partial charge < -0.3 is 15.0 Å². The van der Waals surface area contributed by atoms with Crippen LogP contribution in [0.1, 0.15) is 11.7 Å². The molecule has 0 saturated heterocycles. The average molecular weight is 187 g/mol. The summed E-state index contributed by atoms with van der Waals surface area (Å²) >= 11 is 0. The predicted molar refractivity (Wildman–Crippen MR) is 36.3 cm³/mol. The molecule has 13 heavy (non-hydrogen) atoms. The molecule has 70 valence electrons. The largest absolute Gasteiger partial charge is 0.547 e. The van der Waals surface area contributed by atoms with Gasteiger partial charge in [0.15, 0.2) is 11.6 Å². The summed E-state index contributed by atoms with van der Waals surface area (Å²) in [4.78, 5) is 10.1. The molecular formula is C8H5F2O3-. The van der Waals surface area contributed by atoms with Crippen molar-refractivity contribution in [2.24, 2.45) is 0 Å². The van der Waals surface area contributed by atoms with E-state index >= 15 is 0 Å². The summed E-state index contributed by atoms with van der Waals surface area (Å²) in [6, 6.07) is 2.89. The minimum absolute atomic E-state index is 0.639. The number of hydrogen-bond acceptors (Lipinski definition) is 3. The highest BCUT2D eigenvalue weighted by Crippen LogP contribution is 2.18. The number of aliphatic carboxylic acids is 1. The van der Waals surface area contributed by atoms with Crippen LogP contribution < -0.4 is 5.11 Å². The van der Waals surface area contributed by atoms with Gasteiger partial charge in [-0.25, -0.2) is 8.78 Å². The van der Waals surface area contributed by atoms with E-state index in [1.165, 1.54) is 0 Å². The Morgan fingerprint density at radius 2 is 2.08 bits per heavy atom. The van der Waals surface area contributed by atoms with Crippen molar-refractivity contribution < 1.29 is 23.8 Å². The van der Waals surface area contributed by atoms with Crippen LogP contribution >= 0.6 is 0 Å². The Bertz CT molecular complexity index is 338. The quantitative estimate of drug-likeness (QED) is 0.694. The Hall–Kier alpha value is -1.49. The third kappa shape index (κ3) is 1.81.